The van der Waals surface area contributed by atoms with Crippen molar-refractivity contribution in [3.63, 3.8) is 0 Å². The van der Waals surface area contributed by atoms with Crippen LogP contribution in [0.4, 0.5) is 0 Å². The van der Waals surface area contributed by atoms with Gasteiger partial charge >= 0.3 is 0 Å². The molecule has 0 radical (unpaired) electrons. The van der Waals surface area contributed by atoms with Crippen molar-refractivity contribution in [3.8, 4) is 0 Å². The number of thiophene rings is 1. The number of rotatable bonds is 7. The summed E-state index contributed by atoms with van der Waals surface area (Å²) < 4.78 is 3.40. The Kier molecular flexibility index (Phi) is 10.2. The molecule has 2 aromatic rings. The first-order chi connectivity index (χ1) is 11.1. The second-order valence-corrected chi connectivity index (χ2v) is 8.45. The largest absolute Gasteiger partial charge is 0.356 e. The van der Waals surface area contributed by atoms with Gasteiger partial charge in [0.25, 0.3) is 0 Å². The Morgan fingerprint density at radius 2 is 2.04 bits per heavy atom. The molecule has 0 atom stereocenters. The molecule has 0 aliphatic carbocycles. The summed E-state index contributed by atoms with van der Waals surface area (Å²) in [5, 5.41) is 11.2. The quantitative estimate of drug-likeness (QED) is 0.231. The van der Waals surface area contributed by atoms with Crippen LogP contribution in [0.15, 0.2) is 23.2 Å². The van der Waals surface area contributed by atoms with Crippen LogP contribution < -0.4 is 10.6 Å². The molecular formula is C16H25I2N5S. The molecule has 8 heteroatoms. The molecule has 0 saturated carbocycles. The second-order valence-electron chi connectivity index (χ2n) is 5.39. The molecule has 0 fully saturated rings. The normalized spacial score (nSPS) is 11.2. The van der Waals surface area contributed by atoms with Crippen molar-refractivity contribution in [1.82, 2.24) is 20.4 Å². The van der Waals surface area contributed by atoms with Crippen LogP contribution in [0, 0.1) is 16.7 Å². The van der Waals surface area contributed by atoms with Crippen LogP contribution in [0.3, 0.4) is 0 Å². The molecule has 2 heterocycles. The van der Waals surface area contributed by atoms with Gasteiger partial charge in [-0.15, -0.1) is 35.3 Å². The monoisotopic (exact) mass is 573 g/mol. The maximum atomic E-state index is 4.48. The average Bonchev–Trinajstić information content (AvgIpc) is 3.07. The van der Waals surface area contributed by atoms with E-state index in [1.165, 1.54) is 13.5 Å². The Labute approximate surface area is 178 Å². The molecule has 2 N–H and O–H groups in total. The van der Waals surface area contributed by atoms with Gasteiger partial charge in [0.2, 0.25) is 0 Å². The minimum absolute atomic E-state index is 0. The van der Waals surface area contributed by atoms with Gasteiger partial charge in [0.1, 0.15) is 0 Å². The summed E-state index contributed by atoms with van der Waals surface area (Å²) in [6, 6.07) is 6.46. The van der Waals surface area contributed by atoms with Crippen LogP contribution in [0.2, 0.25) is 0 Å². The number of guanidine groups is 1. The summed E-state index contributed by atoms with van der Waals surface area (Å²) in [5.41, 5.74) is 2.30. The topological polar surface area (TPSA) is 54.2 Å². The predicted octanol–water partition coefficient (Wildman–Crippen LogP) is 3.58. The van der Waals surface area contributed by atoms with E-state index >= 15 is 0 Å². The summed E-state index contributed by atoms with van der Waals surface area (Å²) in [6.45, 7) is 6.84. The van der Waals surface area contributed by atoms with Gasteiger partial charge in [0.05, 0.1) is 8.58 Å². The van der Waals surface area contributed by atoms with E-state index in [1.807, 2.05) is 25.3 Å². The first kappa shape index (κ1) is 21.7. The van der Waals surface area contributed by atoms with E-state index in [-0.39, 0.29) is 24.0 Å². The van der Waals surface area contributed by atoms with Gasteiger partial charge in [0, 0.05) is 37.3 Å². The first-order valence-corrected chi connectivity index (χ1v) is 9.68. The molecule has 2 rings (SSSR count). The molecule has 5 nitrogen and oxygen atoms in total. The number of nitrogens with one attached hydrogen (secondary N) is 2. The van der Waals surface area contributed by atoms with Crippen LogP contribution in [-0.4, -0.2) is 35.9 Å². The summed E-state index contributed by atoms with van der Waals surface area (Å²) in [5.74, 6) is 0.865. The Morgan fingerprint density at radius 3 is 2.62 bits per heavy atom. The Bertz CT molecular complexity index is 651. The van der Waals surface area contributed by atoms with Crippen LogP contribution >= 0.6 is 57.9 Å². The SMILES string of the molecule is CN=C(NCCCn1nc(C)cc1C)NCCc1ccc(I)s1.I. The molecule has 2 aromatic heterocycles. The lowest BCUT2D eigenvalue weighted by molar-refractivity contribution is 0.555. The molecule has 0 aliphatic heterocycles. The molecule has 0 aromatic carbocycles. The van der Waals surface area contributed by atoms with E-state index in [0.29, 0.717) is 0 Å². The van der Waals surface area contributed by atoms with Crippen LogP contribution in [0.25, 0.3) is 0 Å². The zero-order valence-corrected chi connectivity index (χ0v) is 19.6. The second kappa shape index (κ2) is 11.3. The highest BCUT2D eigenvalue weighted by molar-refractivity contribution is 14.1. The number of hydrogen-bond donors (Lipinski definition) is 2. The van der Waals surface area contributed by atoms with Gasteiger partial charge in [-0.05, 0) is 67.5 Å². The molecular weight excluding hydrogens is 548 g/mol. The molecule has 0 saturated heterocycles. The smallest absolute Gasteiger partial charge is 0.190 e. The maximum Gasteiger partial charge on any atom is 0.190 e. The highest BCUT2D eigenvalue weighted by atomic mass is 127. The summed E-state index contributed by atoms with van der Waals surface area (Å²) in [4.78, 5) is 5.67. The Hall–Kier alpha value is -0.360. The Morgan fingerprint density at radius 1 is 1.29 bits per heavy atom. The van der Waals surface area contributed by atoms with Gasteiger partial charge in [0.15, 0.2) is 5.96 Å². The zero-order valence-electron chi connectivity index (χ0n) is 14.3. The standard InChI is InChI=1S/C16H24IN5S.HI/c1-12-11-13(2)22(21-12)10-4-8-19-16(18-3)20-9-7-14-5-6-15(17)23-14;/h5-6,11H,4,7-10H2,1-3H3,(H2,18,19,20);1H. The van der Waals surface area contributed by atoms with E-state index in [1.54, 1.807) is 0 Å². The lowest BCUT2D eigenvalue weighted by Gasteiger charge is -2.11. The molecule has 134 valence electrons. The van der Waals surface area contributed by atoms with E-state index in [2.05, 4.69) is 73.1 Å². The third kappa shape index (κ3) is 7.26. The molecule has 0 spiro atoms. The molecule has 0 unspecified atom stereocenters. The van der Waals surface area contributed by atoms with Gasteiger partial charge < -0.3 is 10.6 Å². The lowest BCUT2D eigenvalue weighted by atomic mass is 10.3. The molecule has 0 aliphatic rings. The fourth-order valence-corrected chi connectivity index (χ4v) is 4.10. The highest BCUT2D eigenvalue weighted by Crippen LogP contribution is 2.18. The van der Waals surface area contributed by atoms with E-state index < -0.39 is 0 Å². The van der Waals surface area contributed by atoms with Crippen LogP contribution in [0.5, 0.6) is 0 Å². The van der Waals surface area contributed by atoms with Crippen LogP contribution in [-0.2, 0) is 13.0 Å². The molecule has 24 heavy (non-hydrogen) atoms. The summed E-state index contributed by atoms with van der Waals surface area (Å²) >= 11 is 4.21. The fraction of sp³-hybridized carbons (Fsp3) is 0.500. The number of nitrogens with zero attached hydrogens (tertiary/aromatic N) is 3. The van der Waals surface area contributed by atoms with Crippen molar-refractivity contribution in [2.24, 2.45) is 4.99 Å². The minimum atomic E-state index is 0. The molecule has 0 bridgehead atoms. The Balaban J connectivity index is 0.00000288. The number of halogens is 2. The van der Waals surface area contributed by atoms with Crippen molar-refractivity contribution in [3.05, 3.63) is 37.3 Å². The zero-order chi connectivity index (χ0) is 16.7. The van der Waals surface area contributed by atoms with E-state index in [9.17, 15) is 0 Å². The third-order valence-electron chi connectivity index (χ3n) is 3.46. The van der Waals surface area contributed by atoms with Crippen molar-refractivity contribution in [2.75, 3.05) is 20.1 Å². The number of aliphatic imine (C=N–C) groups is 1. The van der Waals surface area contributed by atoms with Gasteiger partial charge in [-0.3, -0.25) is 9.67 Å². The van der Waals surface area contributed by atoms with E-state index in [0.717, 1.165) is 44.1 Å². The first-order valence-electron chi connectivity index (χ1n) is 7.78. The van der Waals surface area contributed by atoms with Crippen molar-refractivity contribution in [2.45, 2.75) is 33.2 Å². The van der Waals surface area contributed by atoms with Gasteiger partial charge in [-0.1, -0.05) is 0 Å². The van der Waals surface area contributed by atoms with E-state index in [4.69, 9.17) is 0 Å². The average molecular weight is 573 g/mol. The van der Waals surface area contributed by atoms with Gasteiger partial charge in [-0.25, -0.2) is 0 Å². The summed E-state index contributed by atoms with van der Waals surface area (Å²) in [6.07, 6.45) is 2.05. The van der Waals surface area contributed by atoms with Crippen molar-refractivity contribution in [1.29, 1.82) is 0 Å². The number of aryl methyl sites for hydroxylation is 3. The minimum Gasteiger partial charge on any atom is -0.356 e. The number of hydrogen-bond acceptors (Lipinski definition) is 3. The van der Waals surface area contributed by atoms with Crippen molar-refractivity contribution >= 4 is 63.9 Å². The summed E-state index contributed by atoms with van der Waals surface area (Å²) in [7, 11) is 1.81. The maximum absolute atomic E-state index is 4.48. The third-order valence-corrected chi connectivity index (χ3v) is 5.41. The molecule has 0 amide bonds. The van der Waals surface area contributed by atoms with Crippen molar-refractivity contribution < 1.29 is 0 Å². The predicted molar refractivity (Wildman–Crippen MR) is 122 cm³/mol. The van der Waals surface area contributed by atoms with Gasteiger partial charge in [-0.2, -0.15) is 5.10 Å². The highest BCUT2D eigenvalue weighted by Gasteiger charge is 2.02. The fourth-order valence-electron chi connectivity index (χ4n) is 2.35. The number of aromatic nitrogens is 2. The lowest BCUT2D eigenvalue weighted by Crippen LogP contribution is -2.38. The van der Waals surface area contributed by atoms with Crippen LogP contribution in [0.1, 0.15) is 22.7 Å².